The molecule has 0 aliphatic carbocycles. The number of carbonyl (C=O) groups is 1. The molecule has 0 saturated carbocycles. The summed E-state index contributed by atoms with van der Waals surface area (Å²) in [7, 11) is 2.03. The minimum atomic E-state index is 0.373. The molecule has 0 atom stereocenters. The van der Waals surface area contributed by atoms with Crippen molar-refractivity contribution in [2.75, 3.05) is 13.6 Å². The van der Waals surface area contributed by atoms with Gasteiger partial charge in [0.2, 0.25) is 5.91 Å². The first-order chi connectivity index (χ1) is 27.7. The first kappa shape index (κ1) is 55.5. The molecule has 0 aromatic carbocycles. The summed E-state index contributed by atoms with van der Waals surface area (Å²) in [6.07, 6.45) is 69.1. The molecule has 0 aromatic rings. The van der Waals surface area contributed by atoms with Crippen LogP contribution in [0.25, 0.3) is 0 Å². The lowest BCUT2D eigenvalue weighted by Crippen LogP contribution is -2.27. The van der Waals surface area contributed by atoms with E-state index in [1.165, 1.54) is 302 Å². The van der Waals surface area contributed by atoms with Gasteiger partial charge in [0.25, 0.3) is 0 Å². The van der Waals surface area contributed by atoms with Crippen LogP contribution in [0.5, 0.6) is 0 Å². The van der Waals surface area contributed by atoms with Gasteiger partial charge in [-0.05, 0) is 12.8 Å². The number of rotatable bonds is 50. The second kappa shape index (κ2) is 50.6. The molecule has 336 valence electrons. The summed E-state index contributed by atoms with van der Waals surface area (Å²) >= 11 is 0. The van der Waals surface area contributed by atoms with Gasteiger partial charge in [0.1, 0.15) is 0 Å². The van der Waals surface area contributed by atoms with Crippen molar-refractivity contribution < 1.29 is 4.79 Å². The standard InChI is InChI=1S/C54H109NO/c1-4-6-8-10-12-14-16-18-20-22-24-26-28-30-32-34-36-38-40-42-44-46-48-50-52-54(56)55(3)53-51-49-47-45-43-41-39-37-35-33-31-29-27-25-23-21-19-17-15-13-11-9-7-5-2/h4-53H2,1-3H3. The van der Waals surface area contributed by atoms with Gasteiger partial charge in [0.15, 0.2) is 0 Å². The van der Waals surface area contributed by atoms with Crippen molar-refractivity contribution in [1.29, 1.82) is 0 Å². The van der Waals surface area contributed by atoms with E-state index in [2.05, 4.69) is 13.8 Å². The Bertz CT molecular complexity index is 705. The summed E-state index contributed by atoms with van der Waals surface area (Å²) < 4.78 is 0. The highest BCUT2D eigenvalue weighted by atomic mass is 16.2. The topological polar surface area (TPSA) is 20.3 Å². The fourth-order valence-corrected chi connectivity index (χ4v) is 8.87. The minimum absolute atomic E-state index is 0.373. The molecule has 0 heterocycles. The number of amides is 1. The molecule has 0 aliphatic rings. The van der Waals surface area contributed by atoms with Crippen molar-refractivity contribution in [1.82, 2.24) is 4.90 Å². The maximum atomic E-state index is 12.6. The molecule has 0 fully saturated rings. The van der Waals surface area contributed by atoms with E-state index in [0.717, 1.165) is 19.4 Å². The van der Waals surface area contributed by atoms with Crippen LogP contribution in [0.3, 0.4) is 0 Å². The van der Waals surface area contributed by atoms with Crippen molar-refractivity contribution >= 4 is 5.91 Å². The van der Waals surface area contributed by atoms with Crippen LogP contribution in [0.4, 0.5) is 0 Å². The van der Waals surface area contributed by atoms with Crippen molar-refractivity contribution in [3.8, 4) is 0 Å². The highest BCUT2D eigenvalue weighted by Gasteiger charge is 2.08. The van der Waals surface area contributed by atoms with Crippen LogP contribution in [0.15, 0.2) is 0 Å². The first-order valence-electron chi connectivity index (χ1n) is 27.0. The Morgan fingerprint density at radius 3 is 0.607 bits per heavy atom. The van der Waals surface area contributed by atoms with Crippen molar-refractivity contribution in [2.45, 2.75) is 328 Å². The largest absolute Gasteiger partial charge is 0.346 e. The SMILES string of the molecule is CCCCCCCCCCCCCCCCCCCCCCCCCCC(=O)N(C)CCCCCCCCCCCCCCCCCCCCCCCCCC. The second-order valence-corrected chi connectivity index (χ2v) is 18.8. The van der Waals surface area contributed by atoms with E-state index < -0.39 is 0 Å². The van der Waals surface area contributed by atoms with Gasteiger partial charge in [-0.1, -0.05) is 309 Å². The van der Waals surface area contributed by atoms with Gasteiger partial charge >= 0.3 is 0 Å². The number of hydrogen-bond acceptors (Lipinski definition) is 1. The Hall–Kier alpha value is -0.530. The Kier molecular flexibility index (Phi) is 50.1. The summed E-state index contributed by atoms with van der Waals surface area (Å²) in [4.78, 5) is 14.6. The molecule has 0 radical (unpaired) electrons. The van der Waals surface area contributed by atoms with Gasteiger partial charge in [-0.2, -0.15) is 0 Å². The molecule has 1 amide bonds. The van der Waals surface area contributed by atoms with Gasteiger partial charge in [0.05, 0.1) is 0 Å². The molecule has 0 rings (SSSR count). The van der Waals surface area contributed by atoms with Gasteiger partial charge in [-0.25, -0.2) is 0 Å². The number of carbonyl (C=O) groups excluding carboxylic acids is 1. The number of hydrogen-bond donors (Lipinski definition) is 0. The molecule has 2 heteroatoms. The zero-order valence-corrected chi connectivity index (χ0v) is 39.7. The summed E-state index contributed by atoms with van der Waals surface area (Å²) in [5, 5.41) is 0. The average Bonchev–Trinajstić information content (AvgIpc) is 3.20. The monoisotopic (exact) mass is 788 g/mol. The van der Waals surface area contributed by atoms with E-state index in [-0.39, 0.29) is 0 Å². The summed E-state index contributed by atoms with van der Waals surface area (Å²) in [6, 6.07) is 0. The van der Waals surface area contributed by atoms with E-state index in [0.29, 0.717) is 5.91 Å². The minimum Gasteiger partial charge on any atom is -0.346 e. The van der Waals surface area contributed by atoms with Crippen molar-refractivity contribution in [3.05, 3.63) is 0 Å². The first-order valence-corrected chi connectivity index (χ1v) is 27.0. The van der Waals surface area contributed by atoms with Crippen LogP contribution >= 0.6 is 0 Å². The molecular formula is C54H109NO. The highest BCUT2D eigenvalue weighted by Crippen LogP contribution is 2.18. The molecular weight excluding hydrogens is 679 g/mol. The fraction of sp³-hybridized carbons (Fsp3) is 0.981. The normalized spacial score (nSPS) is 11.6. The Labute approximate surface area is 356 Å². The lowest BCUT2D eigenvalue weighted by Gasteiger charge is -2.17. The molecule has 0 bridgehead atoms. The fourth-order valence-electron chi connectivity index (χ4n) is 8.87. The Morgan fingerprint density at radius 1 is 0.250 bits per heavy atom. The lowest BCUT2D eigenvalue weighted by molar-refractivity contribution is -0.130. The predicted octanol–water partition coefficient (Wildman–Crippen LogP) is 19.6. The lowest BCUT2D eigenvalue weighted by atomic mass is 10.0. The molecule has 0 spiro atoms. The third-order valence-corrected chi connectivity index (χ3v) is 13.0. The van der Waals surface area contributed by atoms with Crippen LogP contribution in [0.1, 0.15) is 328 Å². The molecule has 0 N–H and O–H groups in total. The maximum absolute atomic E-state index is 12.6. The smallest absolute Gasteiger partial charge is 0.222 e. The number of unbranched alkanes of at least 4 members (excludes halogenated alkanes) is 46. The van der Waals surface area contributed by atoms with Gasteiger partial charge in [-0.3, -0.25) is 4.79 Å². The van der Waals surface area contributed by atoms with Crippen molar-refractivity contribution in [2.24, 2.45) is 0 Å². The molecule has 2 nitrogen and oxygen atoms in total. The summed E-state index contributed by atoms with van der Waals surface area (Å²) in [5.74, 6) is 0.373. The van der Waals surface area contributed by atoms with Crippen molar-refractivity contribution in [3.63, 3.8) is 0 Å². The summed E-state index contributed by atoms with van der Waals surface area (Å²) in [5.41, 5.74) is 0. The van der Waals surface area contributed by atoms with Crippen LogP contribution in [-0.4, -0.2) is 24.4 Å². The summed E-state index contributed by atoms with van der Waals surface area (Å²) in [6.45, 7) is 5.57. The zero-order valence-electron chi connectivity index (χ0n) is 39.7. The molecule has 0 aromatic heterocycles. The predicted molar refractivity (Wildman–Crippen MR) is 255 cm³/mol. The molecule has 56 heavy (non-hydrogen) atoms. The van der Waals surface area contributed by atoms with E-state index in [4.69, 9.17) is 0 Å². The maximum Gasteiger partial charge on any atom is 0.222 e. The van der Waals surface area contributed by atoms with E-state index in [1.807, 2.05) is 11.9 Å². The third-order valence-electron chi connectivity index (χ3n) is 13.0. The molecule has 0 unspecified atom stereocenters. The molecule has 0 aliphatic heterocycles. The van der Waals surface area contributed by atoms with E-state index in [1.54, 1.807) is 0 Å². The Morgan fingerprint density at radius 2 is 0.411 bits per heavy atom. The molecule has 0 saturated heterocycles. The highest BCUT2D eigenvalue weighted by molar-refractivity contribution is 5.75. The van der Waals surface area contributed by atoms with Crippen LogP contribution in [0, 0.1) is 0 Å². The van der Waals surface area contributed by atoms with E-state index >= 15 is 0 Å². The van der Waals surface area contributed by atoms with Crippen LogP contribution < -0.4 is 0 Å². The average molecular weight is 788 g/mol. The van der Waals surface area contributed by atoms with Gasteiger partial charge in [0, 0.05) is 20.0 Å². The van der Waals surface area contributed by atoms with Crippen LogP contribution in [0.2, 0.25) is 0 Å². The quantitative estimate of drug-likeness (QED) is 0.0562. The number of nitrogens with zero attached hydrogens (tertiary/aromatic N) is 1. The van der Waals surface area contributed by atoms with Crippen LogP contribution in [-0.2, 0) is 4.79 Å². The second-order valence-electron chi connectivity index (χ2n) is 18.8. The third kappa shape index (κ3) is 47.8. The zero-order chi connectivity index (χ0) is 40.5. The van der Waals surface area contributed by atoms with E-state index in [9.17, 15) is 4.79 Å². The van der Waals surface area contributed by atoms with Gasteiger partial charge < -0.3 is 4.90 Å². The Balaban J connectivity index is 3.23. The van der Waals surface area contributed by atoms with Gasteiger partial charge in [-0.15, -0.1) is 0 Å².